The highest BCUT2D eigenvalue weighted by Gasteiger charge is 2.15. The molecule has 3 aromatic rings. The number of aryl methyl sites for hydroxylation is 1. The molecule has 2 aromatic heterocycles. The Hall–Kier alpha value is -3.29. The Morgan fingerprint density at radius 1 is 1.13 bits per heavy atom. The first-order valence-electron chi connectivity index (χ1n) is 7.02. The van der Waals surface area contributed by atoms with Gasteiger partial charge in [-0.1, -0.05) is 6.07 Å². The predicted molar refractivity (Wildman–Crippen MR) is 84.2 cm³/mol. The van der Waals surface area contributed by atoms with Gasteiger partial charge in [0.1, 0.15) is 0 Å². The fraction of sp³-hybridized carbons (Fsp3) is 0.133. The first-order valence-corrected chi connectivity index (χ1v) is 7.02. The van der Waals surface area contributed by atoms with E-state index in [9.17, 15) is 0 Å². The summed E-state index contributed by atoms with van der Waals surface area (Å²) < 4.78 is 12.1. The Balaban J connectivity index is 1.62. The Labute approximate surface area is 131 Å². The second kappa shape index (κ2) is 5.16. The van der Waals surface area contributed by atoms with Crippen molar-refractivity contribution in [1.82, 2.24) is 19.7 Å². The lowest BCUT2D eigenvalue weighted by atomic mass is 10.3. The molecule has 0 atom stereocenters. The van der Waals surface area contributed by atoms with E-state index in [4.69, 9.17) is 15.2 Å². The van der Waals surface area contributed by atoms with Crippen LogP contribution in [0.25, 0.3) is 5.82 Å². The molecule has 0 saturated heterocycles. The van der Waals surface area contributed by atoms with Crippen molar-refractivity contribution in [2.24, 2.45) is 0 Å². The number of nitrogens with two attached hydrogens (primary N) is 1. The number of aromatic nitrogens is 4. The lowest BCUT2D eigenvalue weighted by molar-refractivity contribution is 0.174. The minimum absolute atomic E-state index is 0.234. The molecule has 23 heavy (non-hydrogen) atoms. The minimum Gasteiger partial charge on any atom is -0.454 e. The highest BCUT2D eigenvalue weighted by molar-refractivity contribution is 5.60. The van der Waals surface area contributed by atoms with E-state index in [1.807, 2.05) is 43.3 Å². The van der Waals surface area contributed by atoms with Crippen molar-refractivity contribution in [3.05, 3.63) is 42.1 Å². The lowest BCUT2D eigenvalue weighted by Crippen LogP contribution is -2.05. The van der Waals surface area contributed by atoms with E-state index in [1.165, 1.54) is 4.68 Å². The zero-order valence-corrected chi connectivity index (χ0v) is 12.4. The van der Waals surface area contributed by atoms with Gasteiger partial charge in [-0.05, 0) is 31.2 Å². The van der Waals surface area contributed by atoms with E-state index in [1.54, 1.807) is 0 Å². The highest BCUT2D eigenvalue weighted by atomic mass is 16.7. The summed E-state index contributed by atoms with van der Waals surface area (Å²) in [4.78, 5) is 8.60. The molecule has 0 fully saturated rings. The Morgan fingerprint density at radius 3 is 2.87 bits per heavy atom. The molecule has 0 unspecified atom stereocenters. The van der Waals surface area contributed by atoms with Gasteiger partial charge in [0, 0.05) is 17.4 Å². The number of pyridine rings is 1. The van der Waals surface area contributed by atoms with Crippen molar-refractivity contribution in [1.29, 1.82) is 0 Å². The maximum atomic E-state index is 5.93. The fourth-order valence-electron chi connectivity index (χ4n) is 2.30. The third kappa shape index (κ3) is 2.50. The second-order valence-electron chi connectivity index (χ2n) is 5.04. The van der Waals surface area contributed by atoms with Crippen LogP contribution in [0.15, 0.2) is 36.4 Å². The maximum Gasteiger partial charge on any atom is 0.248 e. The Bertz CT molecular complexity index is 876. The maximum absolute atomic E-state index is 5.93. The topological polar surface area (TPSA) is 100 Å². The highest BCUT2D eigenvalue weighted by Crippen LogP contribution is 2.34. The zero-order chi connectivity index (χ0) is 15.8. The molecule has 1 aliphatic heterocycles. The van der Waals surface area contributed by atoms with Gasteiger partial charge in [0.15, 0.2) is 17.3 Å². The smallest absolute Gasteiger partial charge is 0.248 e. The van der Waals surface area contributed by atoms with Crippen LogP contribution >= 0.6 is 0 Å². The van der Waals surface area contributed by atoms with Gasteiger partial charge in [0.2, 0.25) is 18.7 Å². The summed E-state index contributed by atoms with van der Waals surface area (Å²) in [5.74, 6) is 2.66. The van der Waals surface area contributed by atoms with Crippen molar-refractivity contribution in [3.8, 4) is 17.3 Å². The molecule has 4 rings (SSSR count). The predicted octanol–water partition coefficient (Wildman–Crippen LogP) is 2.03. The van der Waals surface area contributed by atoms with Gasteiger partial charge in [-0.2, -0.15) is 9.67 Å². The number of hydrogen-bond donors (Lipinski definition) is 2. The molecule has 0 radical (unpaired) electrons. The summed E-state index contributed by atoms with van der Waals surface area (Å²) in [6.07, 6.45) is 0. The van der Waals surface area contributed by atoms with Crippen LogP contribution in [0.3, 0.4) is 0 Å². The lowest BCUT2D eigenvalue weighted by Gasteiger charge is -2.03. The van der Waals surface area contributed by atoms with Crippen LogP contribution in [-0.4, -0.2) is 26.5 Å². The molecule has 0 spiro atoms. The van der Waals surface area contributed by atoms with Crippen molar-refractivity contribution in [2.45, 2.75) is 6.92 Å². The number of nitrogens with one attached hydrogen (secondary N) is 1. The van der Waals surface area contributed by atoms with Gasteiger partial charge in [-0.3, -0.25) is 0 Å². The SMILES string of the molecule is Cc1cccc(-n2nc(Nc3ccc4c(c3)OCO4)nc2N)n1. The molecule has 0 saturated carbocycles. The number of fused-ring (bicyclic) bond motifs is 1. The van der Waals surface area contributed by atoms with E-state index in [0.29, 0.717) is 17.5 Å². The van der Waals surface area contributed by atoms with E-state index in [2.05, 4.69) is 20.4 Å². The van der Waals surface area contributed by atoms with E-state index >= 15 is 0 Å². The third-order valence-corrected chi connectivity index (χ3v) is 3.35. The fourth-order valence-corrected chi connectivity index (χ4v) is 2.30. The van der Waals surface area contributed by atoms with Crippen LogP contribution in [0, 0.1) is 6.92 Å². The number of anilines is 3. The number of benzene rings is 1. The normalized spacial score (nSPS) is 12.4. The van der Waals surface area contributed by atoms with E-state index < -0.39 is 0 Å². The standard InChI is InChI=1S/C15H14N6O2/c1-9-3-2-4-13(17-9)21-14(16)19-15(20-21)18-10-5-6-11-12(7-10)23-8-22-11/h2-7H,8H2,1H3,(H3,16,18,19,20). The van der Waals surface area contributed by atoms with Gasteiger partial charge in [-0.15, -0.1) is 5.10 Å². The average Bonchev–Trinajstić information content (AvgIpc) is 3.13. The molecule has 3 N–H and O–H groups in total. The monoisotopic (exact) mass is 310 g/mol. The van der Waals surface area contributed by atoms with Gasteiger partial charge in [0.25, 0.3) is 0 Å². The van der Waals surface area contributed by atoms with Crippen molar-refractivity contribution in [2.75, 3.05) is 17.8 Å². The summed E-state index contributed by atoms with van der Waals surface area (Å²) in [6.45, 7) is 2.14. The van der Waals surface area contributed by atoms with Gasteiger partial charge < -0.3 is 20.5 Å². The number of rotatable bonds is 3. The van der Waals surface area contributed by atoms with Crippen molar-refractivity contribution in [3.63, 3.8) is 0 Å². The zero-order valence-electron chi connectivity index (χ0n) is 12.4. The molecule has 8 nitrogen and oxygen atoms in total. The van der Waals surface area contributed by atoms with Crippen LogP contribution in [0.2, 0.25) is 0 Å². The van der Waals surface area contributed by atoms with E-state index in [-0.39, 0.29) is 12.7 Å². The van der Waals surface area contributed by atoms with Crippen molar-refractivity contribution >= 4 is 17.6 Å². The van der Waals surface area contributed by atoms with Crippen LogP contribution in [-0.2, 0) is 0 Å². The summed E-state index contributed by atoms with van der Waals surface area (Å²) in [5, 5.41) is 7.44. The minimum atomic E-state index is 0.234. The molecule has 0 aliphatic carbocycles. The second-order valence-corrected chi connectivity index (χ2v) is 5.04. The summed E-state index contributed by atoms with van der Waals surface area (Å²) in [6, 6.07) is 11.1. The first kappa shape index (κ1) is 13.4. The van der Waals surface area contributed by atoms with Crippen LogP contribution in [0.1, 0.15) is 5.69 Å². The average molecular weight is 310 g/mol. The molecule has 0 amide bonds. The van der Waals surface area contributed by atoms with E-state index in [0.717, 1.165) is 17.1 Å². The first-order chi connectivity index (χ1) is 11.2. The quantitative estimate of drug-likeness (QED) is 0.763. The van der Waals surface area contributed by atoms with Gasteiger partial charge >= 0.3 is 0 Å². The number of ether oxygens (including phenoxy) is 2. The largest absolute Gasteiger partial charge is 0.454 e. The van der Waals surface area contributed by atoms with Crippen LogP contribution in [0.4, 0.5) is 17.6 Å². The van der Waals surface area contributed by atoms with Crippen LogP contribution in [0.5, 0.6) is 11.5 Å². The summed E-state index contributed by atoms with van der Waals surface area (Å²) >= 11 is 0. The molecule has 3 heterocycles. The molecule has 8 heteroatoms. The van der Waals surface area contributed by atoms with Gasteiger partial charge in [0.05, 0.1) is 0 Å². The van der Waals surface area contributed by atoms with Crippen LogP contribution < -0.4 is 20.5 Å². The molecule has 1 aliphatic rings. The number of nitrogen functional groups attached to an aromatic ring is 1. The van der Waals surface area contributed by atoms with Gasteiger partial charge in [-0.25, -0.2) is 4.98 Å². The van der Waals surface area contributed by atoms with Crippen molar-refractivity contribution < 1.29 is 9.47 Å². The Morgan fingerprint density at radius 2 is 2.00 bits per heavy atom. The molecular formula is C15H14N6O2. The summed E-state index contributed by atoms with van der Waals surface area (Å²) in [7, 11) is 0. The Kier molecular flexibility index (Phi) is 3.00. The molecule has 1 aromatic carbocycles. The summed E-state index contributed by atoms with van der Waals surface area (Å²) in [5.41, 5.74) is 7.59. The molecule has 116 valence electrons. The number of hydrogen-bond acceptors (Lipinski definition) is 7. The molecule has 0 bridgehead atoms. The number of nitrogens with zero attached hydrogens (tertiary/aromatic N) is 4. The molecular weight excluding hydrogens is 296 g/mol. The third-order valence-electron chi connectivity index (χ3n) is 3.35.